The monoisotopic (exact) mass is 415 g/mol. The van der Waals surface area contributed by atoms with Gasteiger partial charge < -0.3 is 19.7 Å². The lowest BCUT2D eigenvalue weighted by Gasteiger charge is -2.04. The van der Waals surface area contributed by atoms with Crippen molar-refractivity contribution < 1.29 is 28.9 Å². The van der Waals surface area contributed by atoms with Crippen LogP contribution in [0.3, 0.4) is 0 Å². The minimum Gasteiger partial charge on any atom is -0.506 e. The van der Waals surface area contributed by atoms with Gasteiger partial charge in [0.2, 0.25) is 0 Å². The van der Waals surface area contributed by atoms with E-state index in [4.69, 9.17) is 9.47 Å². The zero-order valence-electron chi connectivity index (χ0n) is 15.7. The predicted octanol–water partition coefficient (Wildman–Crippen LogP) is 4.73. The van der Waals surface area contributed by atoms with Gasteiger partial charge in [0.25, 0.3) is 0 Å². The van der Waals surface area contributed by atoms with Crippen LogP contribution in [-0.2, 0) is 9.53 Å². The van der Waals surface area contributed by atoms with Gasteiger partial charge in [0.15, 0.2) is 11.5 Å². The molecule has 1 aliphatic rings. The molecule has 1 aliphatic heterocycles. The zero-order valence-corrected chi connectivity index (χ0v) is 16.5. The lowest BCUT2D eigenvalue weighted by atomic mass is 10.1. The second kappa shape index (κ2) is 8.83. The number of rotatable bonds is 5. The van der Waals surface area contributed by atoms with Crippen molar-refractivity contribution in [3.05, 3.63) is 70.1 Å². The van der Waals surface area contributed by atoms with Crippen molar-refractivity contribution >= 4 is 34.5 Å². The third kappa shape index (κ3) is 4.60. The lowest BCUT2D eigenvalue weighted by Crippen LogP contribution is -2.12. The summed E-state index contributed by atoms with van der Waals surface area (Å²) in [6, 6.07) is 10.2. The van der Waals surface area contributed by atoms with E-state index in [9.17, 15) is 19.4 Å². The molecule has 0 fully saturated rings. The lowest BCUT2D eigenvalue weighted by molar-refractivity contribution is -0.138. The maximum Gasteiger partial charge on any atom is 0.344 e. The highest BCUT2D eigenvalue weighted by Crippen LogP contribution is 2.40. The van der Waals surface area contributed by atoms with Crippen molar-refractivity contribution in [2.75, 3.05) is 13.7 Å². The third-order valence-electron chi connectivity index (χ3n) is 3.93. The number of aliphatic hydroxyl groups excluding tert-OH is 1. The SMILES string of the molecule is CCOC(=O)C1=C(O)C(=Cc2ccc(OC)c(O)c2)SC1=Nc1ccc(F)cc1. The van der Waals surface area contributed by atoms with E-state index in [1.54, 1.807) is 25.1 Å². The summed E-state index contributed by atoms with van der Waals surface area (Å²) in [6.07, 6.45) is 1.60. The van der Waals surface area contributed by atoms with Crippen LogP contribution in [0, 0.1) is 5.82 Å². The molecule has 2 aromatic carbocycles. The molecule has 150 valence electrons. The number of benzene rings is 2. The van der Waals surface area contributed by atoms with Crippen LogP contribution in [-0.4, -0.2) is 34.9 Å². The van der Waals surface area contributed by atoms with Crippen LogP contribution in [0.15, 0.2) is 63.7 Å². The molecule has 0 aromatic heterocycles. The molecule has 3 rings (SSSR count). The smallest absolute Gasteiger partial charge is 0.344 e. The van der Waals surface area contributed by atoms with Gasteiger partial charge in [0.1, 0.15) is 22.2 Å². The Balaban J connectivity index is 2.02. The average Bonchev–Trinajstić information content (AvgIpc) is 2.99. The van der Waals surface area contributed by atoms with Crippen molar-refractivity contribution in [3.8, 4) is 11.5 Å². The Morgan fingerprint density at radius 2 is 1.93 bits per heavy atom. The van der Waals surface area contributed by atoms with Gasteiger partial charge in [0, 0.05) is 0 Å². The molecule has 0 aliphatic carbocycles. The zero-order chi connectivity index (χ0) is 21.0. The summed E-state index contributed by atoms with van der Waals surface area (Å²) >= 11 is 1.07. The van der Waals surface area contributed by atoms with E-state index in [2.05, 4.69) is 4.99 Å². The van der Waals surface area contributed by atoms with Gasteiger partial charge in [-0.1, -0.05) is 17.8 Å². The number of methoxy groups -OCH3 is 1. The fraction of sp³-hybridized carbons (Fsp3) is 0.143. The summed E-state index contributed by atoms with van der Waals surface area (Å²) in [7, 11) is 1.44. The number of hydrogen-bond acceptors (Lipinski definition) is 7. The molecule has 2 aromatic rings. The largest absolute Gasteiger partial charge is 0.506 e. The Kier molecular flexibility index (Phi) is 6.23. The van der Waals surface area contributed by atoms with Crippen LogP contribution in [0.4, 0.5) is 10.1 Å². The maximum atomic E-state index is 13.1. The molecule has 0 saturated carbocycles. The number of nitrogens with zero attached hydrogens (tertiary/aromatic N) is 1. The van der Waals surface area contributed by atoms with Crippen molar-refractivity contribution in [2.24, 2.45) is 4.99 Å². The van der Waals surface area contributed by atoms with Crippen LogP contribution in [0.1, 0.15) is 12.5 Å². The van der Waals surface area contributed by atoms with Gasteiger partial charge in [-0.15, -0.1) is 0 Å². The highest BCUT2D eigenvalue weighted by Gasteiger charge is 2.33. The first-order valence-corrected chi connectivity index (χ1v) is 9.46. The average molecular weight is 415 g/mol. The molecule has 0 amide bonds. The summed E-state index contributed by atoms with van der Waals surface area (Å²) in [5.41, 5.74) is 0.945. The first-order chi connectivity index (χ1) is 13.9. The summed E-state index contributed by atoms with van der Waals surface area (Å²) < 4.78 is 23.2. The van der Waals surface area contributed by atoms with E-state index < -0.39 is 11.8 Å². The summed E-state index contributed by atoms with van der Waals surface area (Å²) in [6.45, 7) is 1.79. The summed E-state index contributed by atoms with van der Waals surface area (Å²) in [5, 5.41) is 20.8. The predicted molar refractivity (Wildman–Crippen MR) is 110 cm³/mol. The van der Waals surface area contributed by atoms with Gasteiger partial charge >= 0.3 is 5.97 Å². The number of halogens is 1. The van der Waals surface area contributed by atoms with E-state index in [-0.39, 0.29) is 28.7 Å². The number of esters is 1. The third-order valence-corrected chi connectivity index (χ3v) is 4.95. The Labute approximate surface area is 171 Å². The molecule has 0 bridgehead atoms. The summed E-state index contributed by atoms with van der Waals surface area (Å²) in [5.74, 6) is -1.13. The number of phenolic OH excluding ortho intramolecular Hbond substituents is 1. The minimum atomic E-state index is -0.709. The molecule has 6 nitrogen and oxygen atoms in total. The first kappa shape index (κ1) is 20.5. The van der Waals surface area contributed by atoms with Crippen LogP contribution in [0.5, 0.6) is 11.5 Å². The minimum absolute atomic E-state index is 0.0564. The molecule has 2 N–H and O–H groups in total. The molecule has 0 radical (unpaired) electrons. The molecule has 0 atom stereocenters. The number of aliphatic hydroxyl groups is 1. The Morgan fingerprint density at radius 3 is 2.55 bits per heavy atom. The molecule has 29 heavy (non-hydrogen) atoms. The number of phenols is 1. The molecule has 8 heteroatoms. The van der Waals surface area contributed by atoms with E-state index in [0.29, 0.717) is 21.9 Å². The second-order valence-corrected chi connectivity index (χ2v) is 6.91. The standard InChI is InChI=1S/C21H18FNO5S/c1-3-28-21(26)18-19(25)17(11-12-4-9-16(27-2)15(24)10-12)29-20(18)23-14-7-5-13(22)6-8-14/h4-11,24-25H,3H2,1-2H3. The topological polar surface area (TPSA) is 88.4 Å². The van der Waals surface area contributed by atoms with Crippen LogP contribution < -0.4 is 4.74 Å². The van der Waals surface area contributed by atoms with Gasteiger partial charge in [0.05, 0.1) is 24.3 Å². The van der Waals surface area contributed by atoms with E-state index in [1.165, 1.54) is 37.4 Å². The summed E-state index contributed by atoms with van der Waals surface area (Å²) in [4.78, 5) is 17.1. The van der Waals surface area contributed by atoms with Crippen LogP contribution in [0.25, 0.3) is 6.08 Å². The number of hydrogen-bond donors (Lipinski definition) is 2. The molecule has 0 saturated heterocycles. The first-order valence-electron chi connectivity index (χ1n) is 8.64. The van der Waals surface area contributed by atoms with E-state index in [0.717, 1.165) is 11.8 Å². The van der Waals surface area contributed by atoms with Crippen molar-refractivity contribution in [3.63, 3.8) is 0 Å². The number of aromatic hydroxyl groups is 1. The van der Waals surface area contributed by atoms with Crippen molar-refractivity contribution in [1.82, 2.24) is 0 Å². The number of ether oxygens (including phenoxy) is 2. The molecular formula is C21H18FNO5S. The maximum absolute atomic E-state index is 13.1. The highest BCUT2D eigenvalue weighted by atomic mass is 32.2. The van der Waals surface area contributed by atoms with Gasteiger partial charge in [-0.05, 0) is 55.0 Å². The van der Waals surface area contributed by atoms with Crippen LogP contribution in [0.2, 0.25) is 0 Å². The van der Waals surface area contributed by atoms with E-state index in [1.807, 2.05) is 0 Å². The normalized spacial score (nSPS) is 16.5. The molecular weight excluding hydrogens is 397 g/mol. The Morgan fingerprint density at radius 1 is 1.21 bits per heavy atom. The quantitative estimate of drug-likeness (QED) is 0.686. The highest BCUT2D eigenvalue weighted by molar-refractivity contribution is 8.18. The fourth-order valence-electron chi connectivity index (χ4n) is 2.57. The number of aliphatic imine (C=N–C) groups is 1. The Hall–Kier alpha value is -3.26. The molecule has 0 unspecified atom stereocenters. The van der Waals surface area contributed by atoms with Gasteiger partial charge in [-0.3, -0.25) is 0 Å². The second-order valence-electron chi connectivity index (χ2n) is 5.88. The molecule has 0 spiro atoms. The Bertz CT molecular complexity index is 1030. The van der Waals surface area contributed by atoms with Gasteiger partial charge in [-0.25, -0.2) is 14.2 Å². The van der Waals surface area contributed by atoms with Crippen molar-refractivity contribution in [1.29, 1.82) is 0 Å². The molecule has 1 heterocycles. The number of carbonyl (C=O) groups is 1. The number of thioether (sulfide) groups is 1. The van der Waals surface area contributed by atoms with Gasteiger partial charge in [-0.2, -0.15) is 0 Å². The van der Waals surface area contributed by atoms with E-state index >= 15 is 0 Å². The fourth-order valence-corrected chi connectivity index (χ4v) is 3.61. The van der Waals surface area contributed by atoms with Crippen LogP contribution >= 0.6 is 11.8 Å². The van der Waals surface area contributed by atoms with Crippen molar-refractivity contribution in [2.45, 2.75) is 6.92 Å². The number of carbonyl (C=O) groups excluding carboxylic acids is 1.